The molecule has 1 aromatic heterocycles. The van der Waals surface area contributed by atoms with E-state index in [1.807, 2.05) is 17.0 Å². The lowest BCUT2D eigenvalue weighted by molar-refractivity contribution is 0.0620. The van der Waals surface area contributed by atoms with Gasteiger partial charge >= 0.3 is 0 Å². The van der Waals surface area contributed by atoms with E-state index in [2.05, 4.69) is 11.5 Å². The van der Waals surface area contributed by atoms with E-state index in [0.717, 1.165) is 25.4 Å². The predicted octanol–water partition coefficient (Wildman–Crippen LogP) is 2.81. The fraction of sp³-hybridized carbons (Fsp3) is 0.350. The van der Waals surface area contributed by atoms with Crippen LogP contribution >= 0.6 is 0 Å². The second-order valence-corrected chi connectivity index (χ2v) is 6.11. The third-order valence-corrected chi connectivity index (χ3v) is 4.39. The Morgan fingerprint density at radius 3 is 2.69 bits per heavy atom. The van der Waals surface area contributed by atoms with E-state index in [1.165, 1.54) is 0 Å². The smallest absolute Gasteiger partial charge is 0.254 e. The van der Waals surface area contributed by atoms with Crippen molar-refractivity contribution >= 4 is 5.91 Å². The van der Waals surface area contributed by atoms with Crippen LogP contribution < -0.4 is 9.47 Å². The van der Waals surface area contributed by atoms with Crippen molar-refractivity contribution in [3.63, 3.8) is 0 Å². The monoisotopic (exact) mass is 356 g/mol. The van der Waals surface area contributed by atoms with Crippen molar-refractivity contribution < 1.29 is 18.7 Å². The van der Waals surface area contributed by atoms with E-state index in [-0.39, 0.29) is 5.91 Å². The fourth-order valence-corrected chi connectivity index (χ4v) is 2.98. The summed E-state index contributed by atoms with van der Waals surface area (Å²) < 4.78 is 16.3. The summed E-state index contributed by atoms with van der Waals surface area (Å²) in [6.07, 6.45) is 3.35. The van der Waals surface area contributed by atoms with Crippen LogP contribution in [0.5, 0.6) is 11.5 Å². The van der Waals surface area contributed by atoms with Gasteiger partial charge in [0.25, 0.3) is 5.91 Å². The van der Waals surface area contributed by atoms with E-state index < -0.39 is 0 Å². The number of hydrogen-bond donors (Lipinski definition) is 0. The molecule has 1 aromatic carbocycles. The summed E-state index contributed by atoms with van der Waals surface area (Å²) in [6, 6.07) is 9.14. The van der Waals surface area contributed by atoms with Gasteiger partial charge in [0.2, 0.25) is 0 Å². The minimum Gasteiger partial charge on any atom is -0.493 e. The molecule has 138 valence electrons. The van der Waals surface area contributed by atoms with E-state index >= 15 is 0 Å². The first-order chi connectivity index (χ1) is 12.7. The second kappa shape index (κ2) is 8.58. The van der Waals surface area contributed by atoms with Gasteiger partial charge in [0.05, 0.1) is 19.9 Å². The minimum absolute atomic E-state index is 0.0104. The Morgan fingerprint density at radius 2 is 2.04 bits per heavy atom. The topological polar surface area (TPSA) is 55.2 Å². The van der Waals surface area contributed by atoms with Gasteiger partial charge in [-0.3, -0.25) is 9.69 Å². The lowest BCUT2D eigenvalue weighted by Gasteiger charge is -2.34. The molecule has 0 radical (unpaired) electrons. The van der Waals surface area contributed by atoms with Crippen molar-refractivity contribution in [1.29, 1.82) is 0 Å². The molecule has 0 spiro atoms. The molecular formula is C20H24N2O4. The van der Waals surface area contributed by atoms with Gasteiger partial charge in [-0.25, -0.2) is 0 Å². The Balaban J connectivity index is 1.60. The van der Waals surface area contributed by atoms with Crippen LogP contribution in [0, 0.1) is 0 Å². The first kappa shape index (κ1) is 18.1. The van der Waals surface area contributed by atoms with Gasteiger partial charge in [-0.2, -0.15) is 0 Å². The summed E-state index contributed by atoms with van der Waals surface area (Å²) >= 11 is 0. The first-order valence-corrected chi connectivity index (χ1v) is 8.67. The number of furan rings is 1. The molecule has 1 saturated heterocycles. The van der Waals surface area contributed by atoms with Crippen LogP contribution in [0.4, 0.5) is 0 Å². The molecule has 26 heavy (non-hydrogen) atoms. The van der Waals surface area contributed by atoms with Gasteiger partial charge in [0.15, 0.2) is 11.5 Å². The molecule has 0 N–H and O–H groups in total. The first-order valence-electron chi connectivity index (χ1n) is 8.67. The van der Waals surface area contributed by atoms with Crippen molar-refractivity contribution in [3.05, 3.63) is 60.6 Å². The Bertz CT molecular complexity index is 734. The maximum Gasteiger partial charge on any atom is 0.254 e. The molecule has 1 aliphatic rings. The van der Waals surface area contributed by atoms with Crippen molar-refractivity contribution in [2.45, 2.75) is 6.54 Å². The third kappa shape index (κ3) is 4.26. The number of methoxy groups -OCH3 is 1. The highest BCUT2D eigenvalue weighted by Gasteiger charge is 2.23. The van der Waals surface area contributed by atoms with Crippen LogP contribution in [0.2, 0.25) is 0 Å². The number of carbonyl (C=O) groups is 1. The quantitative estimate of drug-likeness (QED) is 0.714. The SMILES string of the molecule is C=CCOc1ccc(C(=O)N2CCN(Cc3ccco3)CC2)cc1OC. The molecule has 1 fully saturated rings. The molecule has 0 bridgehead atoms. The number of piperazine rings is 1. The number of benzene rings is 1. The van der Waals surface area contributed by atoms with Crippen molar-refractivity contribution in [2.24, 2.45) is 0 Å². The average molecular weight is 356 g/mol. The molecule has 3 rings (SSSR count). The zero-order valence-corrected chi connectivity index (χ0v) is 15.0. The maximum absolute atomic E-state index is 12.8. The van der Waals surface area contributed by atoms with Gasteiger partial charge in [-0.05, 0) is 30.3 Å². The molecule has 2 aromatic rings. The molecule has 6 heteroatoms. The zero-order chi connectivity index (χ0) is 18.4. The molecule has 1 aliphatic heterocycles. The van der Waals surface area contributed by atoms with Crippen molar-refractivity contribution in [1.82, 2.24) is 9.80 Å². The number of carbonyl (C=O) groups excluding carboxylic acids is 1. The summed E-state index contributed by atoms with van der Waals surface area (Å²) in [7, 11) is 1.57. The van der Waals surface area contributed by atoms with Crippen LogP contribution in [0.1, 0.15) is 16.1 Å². The predicted molar refractivity (Wildman–Crippen MR) is 98.6 cm³/mol. The lowest BCUT2D eigenvalue weighted by Crippen LogP contribution is -2.48. The van der Waals surface area contributed by atoms with Crippen LogP contribution in [0.3, 0.4) is 0 Å². The molecule has 6 nitrogen and oxygen atoms in total. The Morgan fingerprint density at radius 1 is 1.23 bits per heavy atom. The average Bonchev–Trinajstić information content (AvgIpc) is 3.19. The standard InChI is InChI=1S/C20H24N2O4/c1-3-12-26-18-7-6-16(14-19(18)24-2)20(23)22-10-8-21(9-11-22)15-17-5-4-13-25-17/h3-7,13-14H,1,8-12,15H2,2H3. The third-order valence-electron chi connectivity index (χ3n) is 4.39. The highest BCUT2D eigenvalue weighted by Crippen LogP contribution is 2.28. The van der Waals surface area contributed by atoms with Gasteiger partial charge in [-0.1, -0.05) is 12.7 Å². The van der Waals surface area contributed by atoms with Crippen molar-refractivity contribution in [2.75, 3.05) is 39.9 Å². The van der Waals surface area contributed by atoms with Crippen molar-refractivity contribution in [3.8, 4) is 11.5 Å². The van der Waals surface area contributed by atoms with Gasteiger partial charge in [-0.15, -0.1) is 0 Å². The Labute approximate surface area is 153 Å². The fourth-order valence-electron chi connectivity index (χ4n) is 2.98. The van der Waals surface area contributed by atoms with Crippen LogP contribution in [0.15, 0.2) is 53.7 Å². The summed E-state index contributed by atoms with van der Waals surface area (Å²) in [4.78, 5) is 17.0. The maximum atomic E-state index is 12.8. The van der Waals surface area contributed by atoms with Crippen LogP contribution in [-0.4, -0.2) is 55.6 Å². The summed E-state index contributed by atoms with van der Waals surface area (Å²) in [5.74, 6) is 2.11. The second-order valence-electron chi connectivity index (χ2n) is 6.11. The van der Waals surface area contributed by atoms with E-state index in [9.17, 15) is 4.79 Å². The molecule has 0 saturated carbocycles. The largest absolute Gasteiger partial charge is 0.493 e. The zero-order valence-electron chi connectivity index (χ0n) is 15.0. The number of rotatable bonds is 7. The van der Waals surface area contributed by atoms with Gasteiger partial charge < -0.3 is 18.8 Å². The van der Waals surface area contributed by atoms with E-state index in [0.29, 0.717) is 36.8 Å². The number of amides is 1. The van der Waals surface area contributed by atoms with E-state index in [1.54, 1.807) is 37.6 Å². The highest BCUT2D eigenvalue weighted by atomic mass is 16.5. The van der Waals surface area contributed by atoms with Crippen LogP contribution in [-0.2, 0) is 6.54 Å². The van der Waals surface area contributed by atoms with Gasteiger partial charge in [0.1, 0.15) is 12.4 Å². The highest BCUT2D eigenvalue weighted by molar-refractivity contribution is 5.95. The molecule has 0 atom stereocenters. The molecule has 0 unspecified atom stereocenters. The van der Waals surface area contributed by atoms with E-state index in [4.69, 9.17) is 13.9 Å². The normalized spacial score (nSPS) is 14.9. The Kier molecular flexibility index (Phi) is 5.96. The summed E-state index contributed by atoms with van der Waals surface area (Å²) in [5.41, 5.74) is 0.604. The number of nitrogens with zero attached hydrogens (tertiary/aromatic N) is 2. The summed E-state index contributed by atoms with van der Waals surface area (Å²) in [6.45, 7) is 7.83. The summed E-state index contributed by atoms with van der Waals surface area (Å²) in [5, 5.41) is 0. The lowest BCUT2D eigenvalue weighted by atomic mass is 10.1. The van der Waals surface area contributed by atoms with Crippen LogP contribution in [0.25, 0.3) is 0 Å². The minimum atomic E-state index is 0.0104. The molecule has 0 aliphatic carbocycles. The molecular weight excluding hydrogens is 332 g/mol. The number of ether oxygens (including phenoxy) is 2. The Hall–Kier alpha value is -2.73. The number of hydrogen-bond acceptors (Lipinski definition) is 5. The molecule has 2 heterocycles. The van der Waals surface area contributed by atoms with Gasteiger partial charge in [0, 0.05) is 31.7 Å². The molecule has 1 amide bonds.